The molecule has 0 aliphatic rings. The van der Waals surface area contributed by atoms with Crippen LogP contribution in [-0.2, 0) is 34.1 Å². The Balaban J connectivity index is 1.66. The van der Waals surface area contributed by atoms with E-state index in [-0.39, 0.29) is 11.3 Å². The van der Waals surface area contributed by atoms with Crippen molar-refractivity contribution in [3.8, 4) is 0 Å². The molecule has 3 aromatic rings. The number of benzene rings is 3. The number of rotatable bonds is 9. The first-order valence-corrected chi connectivity index (χ1v) is 10.8. The van der Waals surface area contributed by atoms with Crippen LogP contribution in [0.5, 0.6) is 0 Å². The lowest BCUT2D eigenvalue weighted by atomic mass is 10.0. The maximum absolute atomic E-state index is 12.7. The Morgan fingerprint density at radius 2 is 1.24 bits per heavy atom. The van der Waals surface area contributed by atoms with Gasteiger partial charge in [0, 0.05) is 0 Å². The molecule has 0 bridgehead atoms. The van der Waals surface area contributed by atoms with Crippen molar-refractivity contribution in [2.45, 2.75) is 30.2 Å². The van der Waals surface area contributed by atoms with E-state index in [1.54, 1.807) is 36.4 Å². The van der Waals surface area contributed by atoms with Crippen molar-refractivity contribution in [1.82, 2.24) is 4.72 Å². The molecule has 0 amide bonds. The average Bonchev–Trinajstić information content (AvgIpc) is 2.73. The Morgan fingerprint density at radius 3 is 1.76 bits per heavy atom. The molecule has 0 aromatic heterocycles. The molecule has 0 radical (unpaired) electrons. The number of nitrogens with one attached hydrogen (secondary N) is 1. The highest BCUT2D eigenvalue weighted by Crippen LogP contribution is 2.14. The van der Waals surface area contributed by atoms with Gasteiger partial charge in [-0.15, -0.1) is 0 Å². The molecule has 5 nitrogen and oxygen atoms in total. The Hall–Kier alpha value is -2.96. The highest BCUT2D eigenvalue weighted by molar-refractivity contribution is 7.89. The van der Waals surface area contributed by atoms with Gasteiger partial charge in [-0.05, 0) is 48.1 Å². The highest BCUT2D eigenvalue weighted by atomic mass is 32.2. The SMILES string of the molecule is O=C(O)[C@H](Cc1ccccc1)NS(=O)(=O)c1ccc(CCc2ccccc2)cc1. The van der Waals surface area contributed by atoms with Crippen LogP contribution in [0.25, 0.3) is 0 Å². The number of carboxylic acid groups (broad SMARTS) is 1. The third kappa shape index (κ3) is 6.01. The van der Waals surface area contributed by atoms with Crippen LogP contribution in [0.1, 0.15) is 16.7 Å². The molecule has 29 heavy (non-hydrogen) atoms. The smallest absolute Gasteiger partial charge is 0.322 e. The van der Waals surface area contributed by atoms with E-state index >= 15 is 0 Å². The van der Waals surface area contributed by atoms with Gasteiger partial charge in [0.15, 0.2) is 0 Å². The summed E-state index contributed by atoms with van der Waals surface area (Å²) in [6.07, 6.45) is 1.73. The van der Waals surface area contributed by atoms with Crippen LogP contribution in [0.15, 0.2) is 89.8 Å². The first kappa shape index (κ1) is 20.8. The summed E-state index contributed by atoms with van der Waals surface area (Å²) >= 11 is 0. The molecule has 3 aromatic carbocycles. The molecule has 6 heteroatoms. The maximum atomic E-state index is 12.7. The summed E-state index contributed by atoms with van der Waals surface area (Å²) in [6, 6.07) is 24.3. The summed E-state index contributed by atoms with van der Waals surface area (Å²) < 4.78 is 27.6. The van der Waals surface area contributed by atoms with Gasteiger partial charge in [0.25, 0.3) is 0 Å². The Bertz CT molecular complexity index is 1030. The van der Waals surface area contributed by atoms with Crippen LogP contribution < -0.4 is 4.72 Å². The first-order valence-electron chi connectivity index (χ1n) is 9.36. The van der Waals surface area contributed by atoms with Gasteiger partial charge in [0.1, 0.15) is 6.04 Å². The molecule has 0 spiro atoms. The van der Waals surface area contributed by atoms with Gasteiger partial charge < -0.3 is 5.11 Å². The van der Waals surface area contributed by atoms with Crippen LogP contribution in [0.3, 0.4) is 0 Å². The van der Waals surface area contributed by atoms with E-state index in [0.717, 1.165) is 24.0 Å². The standard InChI is InChI=1S/C23H23NO4S/c25-23(26)22(17-20-9-5-2-6-10-20)24-29(27,28)21-15-13-19(14-16-21)12-11-18-7-3-1-4-8-18/h1-10,13-16,22,24H,11-12,17H2,(H,25,26)/t22-/m0/s1. The summed E-state index contributed by atoms with van der Waals surface area (Å²) in [6.45, 7) is 0. The van der Waals surface area contributed by atoms with E-state index in [1.807, 2.05) is 24.3 Å². The quantitative estimate of drug-likeness (QED) is 0.567. The molecular weight excluding hydrogens is 386 g/mol. The van der Waals surface area contributed by atoms with E-state index in [9.17, 15) is 18.3 Å². The lowest BCUT2D eigenvalue weighted by Gasteiger charge is -2.15. The lowest BCUT2D eigenvalue weighted by molar-refractivity contribution is -0.138. The van der Waals surface area contributed by atoms with Gasteiger partial charge in [-0.25, -0.2) is 8.42 Å². The average molecular weight is 410 g/mol. The molecular formula is C23H23NO4S. The fourth-order valence-electron chi connectivity index (χ4n) is 3.05. The number of sulfonamides is 1. The molecule has 0 saturated heterocycles. The van der Waals surface area contributed by atoms with Crippen molar-refractivity contribution in [2.24, 2.45) is 0 Å². The van der Waals surface area contributed by atoms with Gasteiger partial charge in [-0.1, -0.05) is 72.8 Å². The predicted molar refractivity (Wildman–Crippen MR) is 112 cm³/mol. The number of carboxylic acids is 1. The third-order valence-electron chi connectivity index (χ3n) is 4.66. The van der Waals surface area contributed by atoms with E-state index < -0.39 is 22.0 Å². The summed E-state index contributed by atoms with van der Waals surface area (Å²) in [4.78, 5) is 11.6. The normalized spacial score (nSPS) is 12.4. The van der Waals surface area contributed by atoms with E-state index in [2.05, 4.69) is 16.9 Å². The van der Waals surface area contributed by atoms with E-state index in [4.69, 9.17) is 0 Å². The minimum atomic E-state index is -3.94. The molecule has 0 fully saturated rings. The minimum Gasteiger partial charge on any atom is -0.480 e. The second-order valence-corrected chi connectivity index (χ2v) is 8.55. The number of hydrogen-bond acceptors (Lipinski definition) is 3. The van der Waals surface area contributed by atoms with Crippen LogP contribution in [0.2, 0.25) is 0 Å². The van der Waals surface area contributed by atoms with E-state index in [0.29, 0.717) is 0 Å². The Morgan fingerprint density at radius 1 is 0.759 bits per heavy atom. The van der Waals surface area contributed by atoms with Crippen molar-refractivity contribution in [1.29, 1.82) is 0 Å². The van der Waals surface area contributed by atoms with Crippen LogP contribution >= 0.6 is 0 Å². The number of hydrogen-bond donors (Lipinski definition) is 2. The zero-order chi connectivity index (χ0) is 20.7. The van der Waals surface area contributed by atoms with Crippen molar-refractivity contribution in [3.63, 3.8) is 0 Å². The molecule has 0 heterocycles. The summed E-state index contributed by atoms with van der Waals surface area (Å²) in [7, 11) is -3.94. The highest BCUT2D eigenvalue weighted by Gasteiger charge is 2.25. The third-order valence-corrected chi connectivity index (χ3v) is 6.14. The molecule has 0 unspecified atom stereocenters. The monoisotopic (exact) mass is 409 g/mol. The van der Waals surface area contributed by atoms with Gasteiger partial charge in [-0.3, -0.25) is 4.79 Å². The fourth-order valence-corrected chi connectivity index (χ4v) is 4.24. The van der Waals surface area contributed by atoms with Gasteiger partial charge in [0.2, 0.25) is 10.0 Å². The Labute approximate surface area is 171 Å². The Kier molecular flexibility index (Phi) is 6.80. The molecule has 2 N–H and O–H groups in total. The van der Waals surface area contributed by atoms with Crippen molar-refractivity contribution < 1.29 is 18.3 Å². The van der Waals surface area contributed by atoms with Crippen LogP contribution in [0, 0.1) is 0 Å². The van der Waals surface area contributed by atoms with Crippen molar-refractivity contribution in [2.75, 3.05) is 0 Å². The maximum Gasteiger partial charge on any atom is 0.322 e. The van der Waals surface area contributed by atoms with Gasteiger partial charge in [0.05, 0.1) is 4.90 Å². The number of aryl methyl sites for hydroxylation is 2. The topological polar surface area (TPSA) is 83.5 Å². The van der Waals surface area contributed by atoms with Gasteiger partial charge in [-0.2, -0.15) is 4.72 Å². The molecule has 0 aliphatic carbocycles. The molecule has 150 valence electrons. The van der Waals surface area contributed by atoms with Crippen LogP contribution in [-0.4, -0.2) is 25.5 Å². The van der Waals surface area contributed by atoms with E-state index in [1.165, 1.54) is 17.7 Å². The number of aliphatic carboxylic acids is 1. The molecule has 0 saturated carbocycles. The van der Waals surface area contributed by atoms with Crippen molar-refractivity contribution >= 4 is 16.0 Å². The van der Waals surface area contributed by atoms with Crippen molar-refractivity contribution in [3.05, 3.63) is 102 Å². The zero-order valence-electron chi connectivity index (χ0n) is 15.9. The molecule has 1 atom stereocenters. The minimum absolute atomic E-state index is 0.0558. The van der Waals surface area contributed by atoms with Crippen LogP contribution in [0.4, 0.5) is 0 Å². The number of carbonyl (C=O) groups is 1. The van der Waals surface area contributed by atoms with Gasteiger partial charge >= 0.3 is 5.97 Å². The summed E-state index contributed by atoms with van der Waals surface area (Å²) in [5.74, 6) is -1.21. The summed E-state index contributed by atoms with van der Waals surface area (Å²) in [5, 5.41) is 9.44. The second kappa shape index (κ2) is 9.49. The largest absolute Gasteiger partial charge is 0.480 e. The second-order valence-electron chi connectivity index (χ2n) is 6.83. The molecule has 3 rings (SSSR count). The lowest BCUT2D eigenvalue weighted by Crippen LogP contribution is -2.42. The first-order chi connectivity index (χ1) is 13.9. The summed E-state index contributed by atoms with van der Waals surface area (Å²) in [5.41, 5.74) is 2.99. The zero-order valence-corrected chi connectivity index (χ0v) is 16.7. The fraction of sp³-hybridized carbons (Fsp3) is 0.174. The molecule has 0 aliphatic heterocycles. The predicted octanol–water partition coefficient (Wildman–Crippen LogP) is 3.45.